The highest BCUT2D eigenvalue weighted by atomic mass is 16.5. The van der Waals surface area contributed by atoms with Crippen molar-refractivity contribution in [2.75, 3.05) is 6.61 Å². The first-order chi connectivity index (χ1) is 21.2. The second-order valence-electron chi connectivity index (χ2n) is 13.1. The summed E-state index contributed by atoms with van der Waals surface area (Å²) in [5.74, 6) is -0.00103. The monoisotopic (exact) mass is 605 g/mol. The van der Waals surface area contributed by atoms with Crippen molar-refractivity contribution in [1.82, 2.24) is 0 Å². The first-order valence-electron chi connectivity index (χ1n) is 19.3. The van der Waals surface area contributed by atoms with E-state index in [9.17, 15) is 9.90 Å². The third-order valence-electron chi connectivity index (χ3n) is 8.64. The molecule has 0 fully saturated rings. The van der Waals surface area contributed by atoms with Gasteiger partial charge in [0.1, 0.15) is 0 Å². The molecule has 1 N–H and O–H groups in total. The van der Waals surface area contributed by atoms with E-state index in [0.717, 1.165) is 51.4 Å². The highest BCUT2D eigenvalue weighted by molar-refractivity contribution is 5.69. The number of aliphatic hydroxyl groups excluding tert-OH is 1. The van der Waals surface area contributed by atoms with Crippen LogP contribution in [0, 0.1) is 0 Å². The third-order valence-corrected chi connectivity index (χ3v) is 8.64. The summed E-state index contributed by atoms with van der Waals surface area (Å²) in [5, 5.41) is 9.99. The molecule has 0 unspecified atom stereocenters. The predicted molar refractivity (Wildman–Crippen MR) is 190 cm³/mol. The largest absolute Gasteiger partial charge is 0.466 e. The van der Waals surface area contributed by atoms with Crippen molar-refractivity contribution >= 4 is 5.97 Å². The van der Waals surface area contributed by atoms with Crippen molar-refractivity contribution in [1.29, 1.82) is 0 Å². The molecule has 3 nitrogen and oxygen atoms in total. The number of carbonyl (C=O) groups excluding carboxylic acids is 1. The quantitative estimate of drug-likeness (QED) is 0.0444. The minimum absolute atomic E-state index is 0.00103. The summed E-state index contributed by atoms with van der Waals surface area (Å²) in [6, 6.07) is 0. The maximum Gasteiger partial charge on any atom is 0.305 e. The molecule has 0 aromatic rings. The molecule has 0 heterocycles. The van der Waals surface area contributed by atoms with Gasteiger partial charge in [-0.2, -0.15) is 0 Å². The highest BCUT2D eigenvalue weighted by Gasteiger charge is 2.03. The topological polar surface area (TPSA) is 46.5 Å². The summed E-state index contributed by atoms with van der Waals surface area (Å²) >= 11 is 0. The lowest BCUT2D eigenvalue weighted by Crippen LogP contribution is -2.05. The summed E-state index contributed by atoms with van der Waals surface area (Å²) in [6.07, 6.45) is 47.0. The fraction of sp³-hybridized carbons (Fsp3) is 0.875. The van der Waals surface area contributed by atoms with E-state index in [-0.39, 0.29) is 12.1 Å². The van der Waals surface area contributed by atoms with Gasteiger partial charge in [-0.25, -0.2) is 0 Å². The van der Waals surface area contributed by atoms with Gasteiger partial charge in [-0.05, 0) is 64.2 Å². The Morgan fingerprint density at radius 1 is 0.512 bits per heavy atom. The van der Waals surface area contributed by atoms with Crippen LogP contribution in [0.5, 0.6) is 0 Å². The Morgan fingerprint density at radius 2 is 0.907 bits per heavy atom. The normalized spacial score (nSPS) is 12.5. The molecule has 0 bridgehead atoms. The van der Waals surface area contributed by atoms with E-state index >= 15 is 0 Å². The van der Waals surface area contributed by atoms with Crippen LogP contribution in [-0.4, -0.2) is 23.8 Å². The zero-order chi connectivity index (χ0) is 31.3. The van der Waals surface area contributed by atoms with Gasteiger partial charge in [0, 0.05) is 6.42 Å². The highest BCUT2D eigenvalue weighted by Crippen LogP contribution is 2.14. The van der Waals surface area contributed by atoms with E-state index in [1.54, 1.807) is 0 Å². The Bertz CT molecular complexity index is 597. The van der Waals surface area contributed by atoms with Crippen LogP contribution >= 0.6 is 0 Å². The summed E-state index contributed by atoms with van der Waals surface area (Å²) in [7, 11) is 0. The number of unbranched alkanes of at least 4 members (excludes halogenated alkanes) is 24. The van der Waals surface area contributed by atoms with E-state index in [4.69, 9.17) is 4.74 Å². The fourth-order valence-corrected chi connectivity index (χ4v) is 5.67. The lowest BCUT2D eigenvalue weighted by atomic mass is 10.1. The molecule has 254 valence electrons. The number of esters is 1. The molecule has 0 aromatic heterocycles. The number of rotatable bonds is 35. The van der Waals surface area contributed by atoms with E-state index in [0.29, 0.717) is 13.0 Å². The van der Waals surface area contributed by atoms with Gasteiger partial charge in [0.25, 0.3) is 0 Å². The summed E-state index contributed by atoms with van der Waals surface area (Å²) in [5.41, 5.74) is 0. The van der Waals surface area contributed by atoms with Gasteiger partial charge in [0.15, 0.2) is 0 Å². The molecule has 0 aliphatic carbocycles. The maximum atomic E-state index is 12.0. The zero-order valence-electron chi connectivity index (χ0n) is 29.3. The molecule has 0 saturated carbocycles. The molecule has 3 heteroatoms. The molecule has 0 aliphatic heterocycles. The van der Waals surface area contributed by atoms with Crippen LogP contribution in [0.3, 0.4) is 0 Å². The zero-order valence-corrected chi connectivity index (χ0v) is 29.3. The molecular formula is C40H76O3. The van der Waals surface area contributed by atoms with Crippen LogP contribution in [-0.2, 0) is 9.53 Å². The van der Waals surface area contributed by atoms with Gasteiger partial charge in [0.2, 0.25) is 0 Å². The average Bonchev–Trinajstić information content (AvgIpc) is 3.01. The summed E-state index contributed by atoms with van der Waals surface area (Å²) in [6.45, 7) is 5.10. The first kappa shape index (κ1) is 41.9. The van der Waals surface area contributed by atoms with Crippen LogP contribution in [0.1, 0.15) is 213 Å². The van der Waals surface area contributed by atoms with Gasteiger partial charge in [0.05, 0.1) is 12.7 Å². The van der Waals surface area contributed by atoms with Crippen molar-refractivity contribution in [3.63, 3.8) is 0 Å². The van der Waals surface area contributed by atoms with Crippen LogP contribution in [0.2, 0.25) is 0 Å². The molecular weight excluding hydrogens is 528 g/mol. The van der Waals surface area contributed by atoms with E-state index in [1.165, 1.54) is 141 Å². The number of aliphatic hydroxyl groups is 1. The van der Waals surface area contributed by atoms with Crippen molar-refractivity contribution in [3.8, 4) is 0 Å². The van der Waals surface area contributed by atoms with Gasteiger partial charge in [-0.3, -0.25) is 4.79 Å². The number of allylic oxidation sites excluding steroid dienone is 3. The minimum atomic E-state index is -0.158. The Labute approximate surface area is 270 Å². The van der Waals surface area contributed by atoms with Crippen LogP contribution in [0.4, 0.5) is 0 Å². The van der Waals surface area contributed by atoms with E-state index < -0.39 is 0 Å². The summed E-state index contributed by atoms with van der Waals surface area (Å²) < 4.78 is 5.43. The molecule has 1 atom stereocenters. The van der Waals surface area contributed by atoms with Crippen molar-refractivity contribution < 1.29 is 14.6 Å². The molecule has 0 aliphatic rings. The lowest BCUT2D eigenvalue weighted by Gasteiger charge is -2.07. The molecule has 0 amide bonds. The number of carbonyl (C=O) groups is 1. The fourth-order valence-electron chi connectivity index (χ4n) is 5.67. The molecule has 0 rings (SSSR count). The smallest absolute Gasteiger partial charge is 0.305 e. The van der Waals surface area contributed by atoms with Crippen LogP contribution in [0.25, 0.3) is 0 Å². The van der Waals surface area contributed by atoms with Gasteiger partial charge in [-0.15, -0.1) is 0 Å². The van der Waals surface area contributed by atoms with E-state index in [2.05, 4.69) is 38.2 Å². The van der Waals surface area contributed by atoms with Crippen LogP contribution in [0.15, 0.2) is 24.3 Å². The number of ether oxygens (including phenoxy) is 1. The van der Waals surface area contributed by atoms with Gasteiger partial charge >= 0.3 is 5.97 Å². The van der Waals surface area contributed by atoms with Crippen LogP contribution < -0.4 is 0 Å². The second-order valence-corrected chi connectivity index (χ2v) is 13.1. The second kappa shape index (κ2) is 37.1. The van der Waals surface area contributed by atoms with Crippen molar-refractivity contribution in [2.24, 2.45) is 0 Å². The lowest BCUT2D eigenvalue weighted by molar-refractivity contribution is -0.143. The molecule has 0 aromatic carbocycles. The molecule has 0 spiro atoms. The molecule has 43 heavy (non-hydrogen) atoms. The summed E-state index contributed by atoms with van der Waals surface area (Å²) in [4.78, 5) is 12.0. The Kier molecular flexibility index (Phi) is 36.2. The van der Waals surface area contributed by atoms with Crippen molar-refractivity contribution in [2.45, 2.75) is 219 Å². The number of hydrogen-bond donors (Lipinski definition) is 1. The average molecular weight is 605 g/mol. The predicted octanol–water partition coefficient (Wildman–Crippen LogP) is 13.1. The number of hydrogen-bond acceptors (Lipinski definition) is 3. The van der Waals surface area contributed by atoms with Gasteiger partial charge < -0.3 is 9.84 Å². The molecule has 0 saturated heterocycles. The first-order valence-corrected chi connectivity index (χ1v) is 19.3. The maximum absolute atomic E-state index is 12.0. The van der Waals surface area contributed by atoms with Gasteiger partial charge in [-0.1, -0.05) is 167 Å². The minimum Gasteiger partial charge on any atom is -0.466 e. The van der Waals surface area contributed by atoms with E-state index in [1.807, 2.05) is 0 Å². The molecule has 0 radical (unpaired) electrons. The van der Waals surface area contributed by atoms with Crippen molar-refractivity contribution in [3.05, 3.63) is 24.3 Å². The Morgan fingerprint density at radius 3 is 1.42 bits per heavy atom. The standard InChI is InChI=1S/C40H76O3/c1-3-5-7-9-10-11-12-13-14-15-16-17-18-19-20-23-26-29-33-37-40(42)43-38-34-30-27-24-21-22-25-28-32-36-39(41)35-31-8-6-4-2/h13-14,28,32,39,41H,3-12,15-27,29-31,33-38H2,1-2H3/b14-13-,32-28-/t39-/m1/s1. The SMILES string of the molecule is CCCCCCCC/C=C\CCCCCCCCCCCC(=O)OCCCCCCCC/C=C\C[C@H](O)CCCCCC. The third kappa shape index (κ3) is 37.0. The Balaban J connectivity index is 3.26. The Hall–Kier alpha value is -1.09.